The number of aryl methyl sites for hydroxylation is 2. The number of benzene rings is 1. The van der Waals surface area contributed by atoms with E-state index < -0.39 is 5.91 Å². The predicted octanol–water partition coefficient (Wildman–Crippen LogP) is 2.04. The number of carbonyl (C=O) groups excluding carboxylic acids is 1. The number of carbonyl (C=O) groups is 1. The zero-order chi connectivity index (χ0) is 15.0. The van der Waals surface area contributed by atoms with Gasteiger partial charge in [-0.2, -0.15) is 5.26 Å². The minimum absolute atomic E-state index is 0.207. The van der Waals surface area contributed by atoms with Gasteiger partial charge in [0.25, 0.3) is 5.91 Å². The van der Waals surface area contributed by atoms with Gasteiger partial charge in [0.05, 0.1) is 6.07 Å². The maximum Gasteiger partial charge on any atom is 0.252 e. The summed E-state index contributed by atoms with van der Waals surface area (Å²) in [5, 5.41) is 11.8. The van der Waals surface area contributed by atoms with Crippen LogP contribution in [0.1, 0.15) is 31.4 Å². The molecule has 0 saturated heterocycles. The first-order chi connectivity index (χ1) is 9.62. The SMILES string of the molecule is CCc1cccc(CC)c1NC(=S)NNC(=O)CC#N. The molecular formula is C14H18N4OS. The first kappa shape index (κ1) is 15.9. The average molecular weight is 290 g/mol. The van der Waals surface area contributed by atoms with Crippen molar-refractivity contribution in [3.05, 3.63) is 29.3 Å². The molecule has 0 radical (unpaired) electrons. The van der Waals surface area contributed by atoms with Crippen molar-refractivity contribution >= 4 is 28.9 Å². The molecular weight excluding hydrogens is 272 g/mol. The minimum atomic E-state index is -0.420. The molecule has 0 atom stereocenters. The van der Waals surface area contributed by atoms with E-state index in [-0.39, 0.29) is 6.42 Å². The number of nitriles is 1. The molecule has 1 aromatic rings. The highest BCUT2D eigenvalue weighted by molar-refractivity contribution is 7.80. The number of nitrogens with one attached hydrogen (secondary N) is 3. The monoisotopic (exact) mass is 290 g/mol. The number of hydrazine groups is 1. The van der Waals surface area contributed by atoms with Gasteiger partial charge in [-0.1, -0.05) is 32.0 Å². The molecule has 0 unspecified atom stereocenters. The topological polar surface area (TPSA) is 76.9 Å². The third-order valence-corrected chi connectivity index (χ3v) is 3.00. The number of hydrogen-bond donors (Lipinski definition) is 3. The maximum atomic E-state index is 11.2. The highest BCUT2D eigenvalue weighted by Gasteiger charge is 2.08. The number of para-hydroxylation sites is 1. The second kappa shape index (κ2) is 8.12. The summed E-state index contributed by atoms with van der Waals surface area (Å²) in [6.07, 6.45) is 1.57. The van der Waals surface area contributed by atoms with Crippen LogP contribution >= 0.6 is 12.2 Å². The van der Waals surface area contributed by atoms with E-state index in [2.05, 4.69) is 30.0 Å². The zero-order valence-corrected chi connectivity index (χ0v) is 12.4. The number of anilines is 1. The van der Waals surface area contributed by atoms with Crippen LogP contribution in [0.25, 0.3) is 0 Å². The van der Waals surface area contributed by atoms with Gasteiger partial charge in [0.15, 0.2) is 5.11 Å². The highest BCUT2D eigenvalue weighted by Crippen LogP contribution is 2.22. The number of nitrogens with zero attached hydrogens (tertiary/aromatic N) is 1. The third kappa shape index (κ3) is 4.52. The van der Waals surface area contributed by atoms with Gasteiger partial charge in [0, 0.05) is 5.69 Å². The van der Waals surface area contributed by atoms with Gasteiger partial charge >= 0.3 is 0 Å². The van der Waals surface area contributed by atoms with Gasteiger partial charge in [-0.05, 0) is 36.2 Å². The number of hydrogen-bond acceptors (Lipinski definition) is 3. The Bertz CT molecular complexity index is 514. The summed E-state index contributed by atoms with van der Waals surface area (Å²) < 4.78 is 0. The van der Waals surface area contributed by atoms with Crippen LogP contribution in [0.15, 0.2) is 18.2 Å². The summed E-state index contributed by atoms with van der Waals surface area (Å²) in [4.78, 5) is 11.2. The summed E-state index contributed by atoms with van der Waals surface area (Å²) in [7, 11) is 0. The van der Waals surface area contributed by atoms with Crippen LogP contribution in [0.3, 0.4) is 0 Å². The highest BCUT2D eigenvalue weighted by atomic mass is 32.1. The van der Waals surface area contributed by atoms with Crippen LogP contribution in [0.5, 0.6) is 0 Å². The molecule has 6 heteroatoms. The van der Waals surface area contributed by atoms with Crippen molar-refractivity contribution in [3.8, 4) is 6.07 Å². The van der Waals surface area contributed by atoms with Crippen molar-refractivity contribution in [3.63, 3.8) is 0 Å². The lowest BCUT2D eigenvalue weighted by molar-refractivity contribution is -0.120. The van der Waals surface area contributed by atoms with Gasteiger partial charge in [-0.15, -0.1) is 0 Å². The zero-order valence-electron chi connectivity index (χ0n) is 11.6. The fourth-order valence-corrected chi connectivity index (χ4v) is 1.94. The molecule has 20 heavy (non-hydrogen) atoms. The third-order valence-electron chi connectivity index (χ3n) is 2.79. The normalized spacial score (nSPS) is 9.45. The van der Waals surface area contributed by atoms with E-state index >= 15 is 0 Å². The molecule has 0 aliphatic rings. The predicted molar refractivity (Wildman–Crippen MR) is 82.9 cm³/mol. The second-order valence-electron chi connectivity index (χ2n) is 4.12. The van der Waals surface area contributed by atoms with Crippen molar-refractivity contribution in [2.24, 2.45) is 0 Å². The van der Waals surface area contributed by atoms with Gasteiger partial charge < -0.3 is 5.32 Å². The van der Waals surface area contributed by atoms with Crippen LogP contribution < -0.4 is 16.2 Å². The molecule has 1 amide bonds. The Morgan fingerprint density at radius 3 is 2.35 bits per heavy atom. The molecule has 0 aliphatic carbocycles. The Morgan fingerprint density at radius 1 is 1.25 bits per heavy atom. The molecule has 1 rings (SSSR count). The smallest absolute Gasteiger partial charge is 0.252 e. The first-order valence-electron chi connectivity index (χ1n) is 6.45. The minimum Gasteiger partial charge on any atom is -0.331 e. The molecule has 0 saturated carbocycles. The lowest BCUT2D eigenvalue weighted by Gasteiger charge is -2.16. The largest absolute Gasteiger partial charge is 0.331 e. The van der Waals surface area contributed by atoms with Gasteiger partial charge in [-0.3, -0.25) is 15.6 Å². The Balaban J connectivity index is 2.71. The van der Waals surface area contributed by atoms with Crippen molar-refractivity contribution in [2.45, 2.75) is 33.1 Å². The van der Waals surface area contributed by atoms with E-state index in [0.29, 0.717) is 5.11 Å². The Morgan fingerprint density at radius 2 is 1.85 bits per heavy atom. The molecule has 5 nitrogen and oxygen atoms in total. The molecule has 106 valence electrons. The molecule has 0 aromatic heterocycles. The van der Waals surface area contributed by atoms with Gasteiger partial charge in [-0.25, -0.2) is 0 Å². The fourth-order valence-electron chi connectivity index (χ4n) is 1.79. The van der Waals surface area contributed by atoms with E-state index in [1.54, 1.807) is 6.07 Å². The van der Waals surface area contributed by atoms with Crippen LogP contribution in [0.4, 0.5) is 5.69 Å². The quantitative estimate of drug-likeness (QED) is 0.584. The van der Waals surface area contributed by atoms with Crippen LogP contribution in [-0.4, -0.2) is 11.0 Å². The summed E-state index contributed by atoms with van der Waals surface area (Å²) in [5.41, 5.74) is 8.26. The van der Waals surface area contributed by atoms with E-state index in [0.717, 1.165) is 29.7 Å². The maximum absolute atomic E-state index is 11.2. The lowest BCUT2D eigenvalue weighted by atomic mass is 10.0. The van der Waals surface area contributed by atoms with E-state index in [9.17, 15) is 4.79 Å². The van der Waals surface area contributed by atoms with Crippen LogP contribution in [0, 0.1) is 11.3 Å². The number of rotatable bonds is 4. The standard InChI is InChI=1S/C14H18N4OS/c1-3-10-6-5-7-11(4-2)13(10)16-14(20)18-17-12(19)8-9-15/h5-7H,3-4,8H2,1-2H3,(H,17,19)(H2,16,18,20). The molecule has 0 fully saturated rings. The number of amides is 1. The van der Waals surface area contributed by atoms with Crippen LogP contribution in [-0.2, 0) is 17.6 Å². The Kier molecular flexibility index (Phi) is 6.47. The summed E-state index contributed by atoms with van der Waals surface area (Å²) in [5.74, 6) is -0.420. The van der Waals surface area contributed by atoms with Gasteiger partial charge in [0.2, 0.25) is 0 Å². The van der Waals surface area contributed by atoms with Crippen LogP contribution in [0.2, 0.25) is 0 Å². The Hall–Kier alpha value is -2.13. The van der Waals surface area contributed by atoms with Crippen molar-refractivity contribution < 1.29 is 4.79 Å². The molecule has 0 aliphatic heterocycles. The molecule has 0 bridgehead atoms. The lowest BCUT2D eigenvalue weighted by Crippen LogP contribution is -2.43. The van der Waals surface area contributed by atoms with E-state index in [1.165, 1.54) is 0 Å². The van der Waals surface area contributed by atoms with Crippen molar-refractivity contribution in [1.29, 1.82) is 5.26 Å². The molecule has 0 heterocycles. The molecule has 1 aromatic carbocycles. The summed E-state index contributed by atoms with van der Waals surface area (Å²) >= 11 is 5.13. The first-order valence-corrected chi connectivity index (χ1v) is 6.86. The summed E-state index contributed by atoms with van der Waals surface area (Å²) in [6, 6.07) is 7.86. The van der Waals surface area contributed by atoms with E-state index in [1.807, 2.05) is 18.2 Å². The average Bonchev–Trinajstić information content (AvgIpc) is 2.45. The number of thiocarbonyl (C=S) groups is 1. The summed E-state index contributed by atoms with van der Waals surface area (Å²) in [6.45, 7) is 4.15. The van der Waals surface area contributed by atoms with E-state index in [4.69, 9.17) is 17.5 Å². The fraction of sp³-hybridized carbons (Fsp3) is 0.357. The van der Waals surface area contributed by atoms with Gasteiger partial charge in [0.1, 0.15) is 6.42 Å². The molecule has 0 spiro atoms. The Labute approximate surface area is 124 Å². The molecule has 3 N–H and O–H groups in total. The van der Waals surface area contributed by atoms with Crippen molar-refractivity contribution in [2.75, 3.05) is 5.32 Å². The second-order valence-corrected chi connectivity index (χ2v) is 4.53. The van der Waals surface area contributed by atoms with Crippen molar-refractivity contribution in [1.82, 2.24) is 10.9 Å².